The number of allylic oxidation sites excluding steroid dienone is 2. The van der Waals surface area contributed by atoms with Crippen molar-refractivity contribution in [2.75, 3.05) is 5.75 Å². The van der Waals surface area contributed by atoms with Gasteiger partial charge in [-0.25, -0.2) is 4.98 Å². The zero-order valence-corrected chi connectivity index (χ0v) is 13.4. The Morgan fingerprint density at radius 2 is 2.35 bits per heavy atom. The molecule has 0 aliphatic heterocycles. The molecule has 0 fully saturated rings. The summed E-state index contributed by atoms with van der Waals surface area (Å²) in [5.74, 6) is -0.808. The molecule has 0 saturated heterocycles. The van der Waals surface area contributed by atoms with Gasteiger partial charge in [0, 0.05) is 11.0 Å². The monoisotopic (exact) mass is 354 g/mol. The third-order valence-electron chi connectivity index (χ3n) is 2.76. The van der Waals surface area contributed by atoms with Crippen LogP contribution in [0.4, 0.5) is 0 Å². The molecule has 1 aromatic heterocycles. The molecule has 1 aromatic carbocycles. The molecule has 6 heteroatoms. The van der Waals surface area contributed by atoms with Gasteiger partial charge >= 0.3 is 5.97 Å². The average molecular weight is 355 g/mol. The van der Waals surface area contributed by atoms with E-state index < -0.39 is 5.97 Å². The van der Waals surface area contributed by atoms with Crippen molar-refractivity contribution >= 4 is 44.7 Å². The predicted molar refractivity (Wildman–Crippen MR) is 85.2 cm³/mol. The number of thioether (sulfide) groups is 1. The Hall–Kier alpha value is -1.27. The number of carbonyl (C=O) groups is 1. The van der Waals surface area contributed by atoms with Crippen LogP contribution in [0.3, 0.4) is 0 Å². The fraction of sp³-hybridized carbons (Fsp3) is 0.286. The van der Waals surface area contributed by atoms with E-state index in [0.29, 0.717) is 0 Å². The first-order valence-corrected chi connectivity index (χ1v) is 8.01. The number of aliphatic carboxylic acids is 1. The molecular formula is C14H15BrN2O2S. The molecule has 0 saturated carbocycles. The minimum absolute atomic E-state index is 0.0219. The third-order valence-corrected chi connectivity index (χ3v) is 4.21. The summed E-state index contributed by atoms with van der Waals surface area (Å²) in [6, 6.07) is 5.93. The molecule has 106 valence electrons. The van der Waals surface area contributed by atoms with Gasteiger partial charge < -0.3 is 9.67 Å². The van der Waals surface area contributed by atoms with E-state index in [1.54, 1.807) is 0 Å². The van der Waals surface area contributed by atoms with Gasteiger partial charge in [-0.2, -0.15) is 0 Å². The Bertz CT molecular complexity index is 652. The SMILES string of the molecule is C/C=C/CCn1c(SCC(=O)O)nc2cc(Br)ccc21. The number of carboxylic acids is 1. The summed E-state index contributed by atoms with van der Waals surface area (Å²) in [7, 11) is 0. The van der Waals surface area contributed by atoms with Crippen molar-refractivity contribution in [3.63, 3.8) is 0 Å². The Balaban J connectivity index is 2.36. The smallest absolute Gasteiger partial charge is 0.313 e. The van der Waals surface area contributed by atoms with E-state index in [9.17, 15) is 4.79 Å². The first-order chi connectivity index (χ1) is 9.61. The largest absolute Gasteiger partial charge is 0.481 e. The molecule has 0 amide bonds. The third kappa shape index (κ3) is 3.64. The molecule has 2 aromatic rings. The molecule has 0 aliphatic rings. The highest BCUT2D eigenvalue weighted by atomic mass is 79.9. The zero-order chi connectivity index (χ0) is 14.5. The van der Waals surface area contributed by atoms with Gasteiger partial charge in [-0.15, -0.1) is 0 Å². The van der Waals surface area contributed by atoms with E-state index in [1.165, 1.54) is 11.8 Å². The van der Waals surface area contributed by atoms with Crippen LogP contribution in [0.5, 0.6) is 0 Å². The highest BCUT2D eigenvalue weighted by Crippen LogP contribution is 2.26. The summed E-state index contributed by atoms with van der Waals surface area (Å²) in [5.41, 5.74) is 1.92. The van der Waals surface area contributed by atoms with Gasteiger partial charge in [-0.3, -0.25) is 4.79 Å². The number of imidazole rings is 1. The van der Waals surface area contributed by atoms with Gasteiger partial charge in [0.05, 0.1) is 16.8 Å². The fourth-order valence-corrected chi connectivity index (χ4v) is 3.01. The zero-order valence-electron chi connectivity index (χ0n) is 11.0. The maximum Gasteiger partial charge on any atom is 0.313 e. The second-order valence-electron chi connectivity index (χ2n) is 4.22. The molecule has 0 atom stereocenters. The van der Waals surface area contributed by atoms with E-state index >= 15 is 0 Å². The van der Waals surface area contributed by atoms with Crippen LogP contribution in [0, 0.1) is 0 Å². The van der Waals surface area contributed by atoms with Crippen LogP contribution in [0.25, 0.3) is 11.0 Å². The van der Waals surface area contributed by atoms with Gasteiger partial charge in [-0.05, 0) is 31.5 Å². The number of aryl methyl sites for hydroxylation is 1. The average Bonchev–Trinajstić information content (AvgIpc) is 2.74. The number of nitrogens with zero attached hydrogens (tertiary/aromatic N) is 2. The van der Waals surface area contributed by atoms with Crippen LogP contribution in [0.2, 0.25) is 0 Å². The normalized spacial score (nSPS) is 11.5. The second kappa shape index (κ2) is 6.95. The first-order valence-electron chi connectivity index (χ1n) is 6.23. The molecule has 20 heavy (non-hydrogen) atoms. The summed E-state index contributed by atoms with van der Waals surface area (Å²) in [6.45, 7) is 2.79. The molecule has 4 nitrogen and oxygen atoms in total. The van der Waals surface area contributed by atoms with E-state index in [2.05, 4.69) is 31.6 Å². The van der Waals surface area contributed by atoms with Crippen LogP contribution >= 0.6 is 27.7 Å². The van der Waals surface area contributed by atoms with Crippen LogP contribution in [0.15, 0.2) is 40.0 Å². The molecule has 1 heterocycles. The van der Waals surface area contributed by atoms with E-state index in [-0.39, 0.29) is 5.75 Å². The minimum Gasteiger partial charge on any atom is -0.481 e. The topological polar surface area (TPSA) is 55.1 Å². The Morgan fingerprint density at radius 3 is 3.05 bits per heavy atom. The van der Waals surface area contributed by atoms with Gasteiger partial charge in [-0.1, -0.05) is 39.8 Å². The molecule has 0 spiro atoms. The van der Waals surface area contributed by atoms with Crippen molar-refractivity contribution in [1.29, 1.82) is 0 Å². The Morgan fingerprint density at radius 1 is 1.55 bits per heavy atom. The van der Waals surface area contributed by atoms with Gasteiger partial charge in [0.15, 0.2) is 5.16 Å². The first kappa shape index (κ1) is 15.1. The molecule has 1 N–H and O–H groups in total. The number of hydrogen-bond donors (Lipinski definition) is 1. The lowest BCUT2D eigenvalue weighted by molar-refractivity contribution is -0.133. The maximum absolute atomic E-state index is 10.7. The fourth-order valence-electron chi connectivity index (χ4n) is 1.90. The summed E-state index contributed by atoms with van der Waals surface area (Å²) in [6.07, 6.45) is 5.01. The van der Waals surface area contributed by atoms with Crippen LogP contribution in [-0.4, -0.2) is 26.4 Å². The van der Waals surface area contributed by atoms with Crippen molar-refractivity contribution < 1.29 is 9.90 Å². The van der Waals surface area contributed by atoms with Crippen LogP contribution in [-0.2, 0) is 11.3 Å². The highest BCUT2D eigenvalue weighted by molar-refractivity contribution is 9.10. The van der Waals surface area contributed by atoms with Crippen molar-refractivity contribution in [2.24, 2.45) is 0 Å². The number of carboxylic acid groups (broad SMARTS) is 1. The molecule has 0 unspecified atom stereocenters. The van der Waals surface area contributed by atoms with Crippen molar-refractivity contribution in [3.8, 4) is 0 Å². The predicted octanol–water partition coefficient (Wildman–Crippen LogP) is 3.94. The number of halogens is 1. The summed E-state index contributed by atoms with van der Waals surface area (Å²) in [5, 5.41) is 9.58. The summed E-state index contributed by atoms with van der Waals surface area (Å²) < 4.78 is 3.05. The lowest BCUT2D eigenvalue weighted by Crippen LogP contribution is -2.03. The maximum atomic E-state index is 10.7. The Labute approximate surface area is 130 Å². The highest BCUT2D eigenvalue weighted by Gasteiger charge is 2.12. The van der Waals surface area contributed by atoms with Crippen molar-refractivity contribution in [3.05, 3.63) is 34.8 Å². The van der Waals surface area contributed by atoms with E-state index in [4.69, 9.17) is 5.11 Å². The standard InChI is InChI=1S/C14H15BrN2O2S/c1-2-3-4-7-17-12-6-5-10(15)8-11(12)16-14(17)20-9-13(18)19/h2-3,5-6,8H,4,7,9H2,1H3,(H,18,19)/b3-2+. The second-order valence-corrected chi connectivity index (χ2v) is 6.08. The minimum atomic E-state index is -0.830. The van der Waals surface area contributed by atoms with Crippen molar-refractivity contribution in [1.82, 2.24) is 9.55 Å². The van der Waals surface area contributed by atoms with E-state index in [1.807, 2.05) is 31.2 Å². The molecule has 0 aliphatic carbocycles. The van der Waals surface area contributed by atoms with Crippen LogP contribution < -0.4 is 0 Å². The summed E-state index contributed by atoms with van der Waals surface area (Å²) in [4.78, 5) is 15.3. The number of hydrogen-bond acceptors (Lipinski definition) is 3. The number of benzene rings is 1. The lowest BCUT2D eigenvalue weighted by atomic mass is 10.3. The Kier molecular flexibility index (Phi) is 5.25. The summed E-state index contributed by atoms with van der Waals surface area (Å²) >= 11 is 4.69. The number of rotatable bonds is 6. The quantitative estimate of drug-likeness (QED) is 0.630. The van der Waals surface area contributed by atoms with Crippen LogP contribution in [0.1, 0.15) is 13.3 Å². The molecular weight excluding hydrogens is 340 g/mol. The number of aromatic nitrogens is 2. The van der Waals surface area contributed by atoms with Crippen molar-refractivity contribution in [2.45, 2.75) is 25.0 Å². The van der Waals surface area contributed by atoms with Gasteiger partial charge in [0.1, 0.15) is 0 Å². The molecule has 0 bridgehead atoms. The number of fused-ring (bicyclic) bond motifs is 1. The molecule has 2 rings (SSSR count). The van der Waals surface area contributed by atoms with E-state index in [0.717, 1.165) is 33.6 Å². The van der Waals surface area contributed by atoms with Gasteiger partial charge in [0.2, 0.25) is 0 Å². The lowest BCUT2D eigenvalue weighted by Gasteiger charge is -2.06. The van der Waals surface area contributed by atoms with Gasteiger partial charge in [0.25, 0.3) is 0 Å². The molecule has 0 radical (unpaired) electrons.